The van der Waals surface area contributed by atoms with Crippen LogP contribution in [-0.4, -0.2) is 16.8 Å². The van der Waals surface area contributed by atoms with Crippen LogP contribution in [0.4, 0.5) is 13.2 Å². The second kappa shape index (κ2) is 6.15. The number of rotatable bonds is 3. The van der Waals surface area contributed by atoms with Gasteiger partial charge >= 0.3 is 12.1 Å². The number of hydrogen-bond donors (Lipinski definition) is 1. The van der Waals surface area contributed by atoms with Crippen LogP contribution in [0.2, 0.25) is 0 Å². The number of aliphatic carboxylic acids is 1. The summed E-state index contributed by atoms with van der Waals surface area (Å²) in [5.41, 5.74) is -0.425. The lowest BCUT2D eigenvalue weighted by molar-refractivity contribution is -0.142. The average Bonchev–Trinajstić information content (AvgIpc) is 2.45. The molecule has 1 aromatic carbocycles. The highest BCUT2D eigenvalue weighted by atomic mass is 19.4. The maximum absolute atomic E-state index is 12.8. The van der Waals surface area contributed by atoms with Gasteiger partial charge in [0, 0.05) is 6.42 Å². The van der Waals surface area contributed by atoms with Crippen molar-refractivity contribution in [1.29, 1.82) is 0 Å². The molecule has 0 bridgehead atoms. The van der Waals surface area contributed by atoms with Crippen LogP contribution >= 0.6 is 0 Å². The van der Waals surface area contributed by atoms with Crippen LogP contribution in [-0.2, 0) is 11.0 Å². The Bertz CT molecular complexity index is 555. The Kier molecular flexibility index (Phi) is 4.50. The molecule has 1 saturated carbocycles. The minimum absolute atomic E-state index is 0.212. The van der Waals surface area contributed by atoms with E-state index in [0.717, 1.165) is 6.07 Å². The third kappa shape index (κ3) is 3.96. The van der Waals surface area contributed by atoms with Crippen molar-refractivity contribution in [3.05, 3.63) is 29.8 Å². The van der Waals surface area contributed by atoms with Crippen LogP contribution < -0.4 is 4.84 Å². The molecule has 0 spiro atoms. The van der Waals surface area contributed by atoms with E-state index in [1.54, 1.807) is 0 Å². The van der Waals surface area contributed by atoms with Crippen molar-refractivity contribution < 1.29 is 27.9 Å². The molecule has 0 radical (unpaired) electrons. The first-order valence-electron chi connectivity index (χ1n) is 6.49. The molecule has 1 N–H and O–H groups in total. The molecule has 1 fully saturated rings. The van der Waals surface area contributed by atoms with Crippen molar-refractivity contribution in [2.75, 3.05) is 0 Å². The van der Waals surface area contributed by atoms with Gasteiger partial charge in [-0.2, -0.15) is 13.2 Å². The van der Waals surface area contributed by atoms with Gasteiger partial charge in [0.15, 0.2) is 5.75 Å². The van der Waals surface area contributed by atoms with Gasteiger partial charge in [-0.3, -0.25) is 4.79 Å². The molecule has 1 aliphatic rings. The maximum Gasteiger partial charge on any atom is 0.420 e. The number of hydrogen-bond acceptors (Lipinski definition) is 3. The number of carbonyl (C=O) groups is 1. The van der Waals surface area contributed by atoms with Crippen LogP contribution in [0.3, 0.4) is 0 Å². The second-order valence-corrected chi connectivity index (χ2v) is 4.87. The molecule has 0 heterocycles. The number of carboxylic acids is 1. The highest BCUT2D eigenvalue weighted by Crippen LogP contribution is 2.36. The predicted molar refractivity (Wildman–Crippen MR) is 69.1 cm³/mol. The van der Waals surface area contributed by atoms with E-state index in [1.807, 2.05) is 0 Å². The Hall–Kier alpha value is -2.05. The monoisotopic (exact) mass is 301 g/mol. The molecule has 0 amide bonds. The van der Waals surface area contributed by atoms with Crippen molar-refractivity contribution in [2.45, 2.75) is 31.9 Å². The summed E-state index contributed by atoms with van der Waals surface area (Å²) < 4.78 is 38.3. The first-order chi connectivity index (χ1) is 9.88. The molecule has 1 aromatic rings. The van der Waals surface area contributed by atoms with E-state index in [2.05, 4.69) is 5.16 Å². The van der Waals surface area contributed by atoms with E-state index in [-0.39, 0.29) is 12.2 Å². The first kappa shape index (κ1) is 15.3. The molecule has 0 saturated heterocycles. The Balaban J connectivity index is 2.12. The summed E-state index contributed by atoms with van der Waals surface area (Å²) in [5.74, 6) is -1.84. The molecule has 114 valence electrons. The molecule has 4 nitrogen and oxygen atoms in total. The van der Waals surface area contributed by atoms with E-state index in [4.69, 9.17) is 9.94 Å². The zero-order valence-corrected chi connectivity index (χ0v) is 11.1. The van der Waals surface area contributed by atoms with E-state index >= 15 is 0 Å². The van der Waals surface area contributed by atoms with Gasteiger partial charge in [0.25, 0.3) is 0 Å². The molecular formula is C14H14F3NO3. The normalized spacial score (nSPS) is 21.3. The fourth-order valence-corrected chi connectivity index (χ4v) is 2.23. The summed E-state index contributed by atoms with van der Waals surface area (Å²) in [6.07, 6.45) is -2.58. The quantitative estimate of drug-likeness (QED) is 0.866. The topological polar surface area (TPSA) is 58.9 Å². The number of halogens is 3. The van der Waals surface area contributed by atoms with Gasteiger partial charge in [-0.1, -0.05) is 17.3 Å². The fraction of sp³-hybridized carbons (Fsp3) is 0.429. The Labute approximate surface area is 119 Å². The van der Waals surface area contributed by atoms with E-state index in [9.17, 15) is 18.0 Å². The van der Waals surface area contributed by atoms with Crippen LogP contribution in [0.15, 0.2) is 29.4 Å². The number of nitrogens with zero attached hydrogens (tertiary/aromatic N) is 1. The minimum Gasteiger partial charge on any atom is -0.481 e. The molecule has 1 aliphatic carbocycles. The summed E-state index contributed by atoms with van der Waals surface area (Å²) in [4.78, 5) is 15.8. The smallest absolute Gasteiger partial charge is 0.420 e. The molecule has 0 aromatic heterocycles. The van der Waals surface area contributed by atoms with E-state index in [1.165, 1.54) is 18.2 Å². The lowest BCUT2D eigenvalue weighted by Crippen LogP contribution is -2.23. The summed E-state index contributed by atoms with van der Waals surface area (Å²) in [7, 11) is 0. The second-order valence-electron chi connectivity index (χ2n) is 4.87. The summed E-state index contributed by atoms with van der Waals surface area (Å²) >= 11 is 0. The predicted octanol–water partition coefficient (Wildman–Crippen LogP) is 3.72. The molecule has 1 unspecified atom stereocenters. The number of oxime groups is 1. The maximum atomic E-state index is 12.8. The number of benzene rings is 1. The third-order valence-electron chi connectivity index (χ3n) is 3.31. The summed E-state index contributed by atoms with van der Waals surface area (Å²) in [5, 5.41) is 12.7. The molecule has 21 heavy (non-hydrogen) atoms. The third-order valence-corrected chi connectivity index (χ3v) is 3.31. The van der Waals surface area contributed by atoms with Crippen LogP contribution in [0.5, 0.6) is 5.75 Å². The zero-order valence-electron chi connectivity index (χ0n) is 11.1. The average molecular weight is 301 g/mol. The zero-order chi connectivity index (χ0) is 15.5. The Morgan fingerprint density at radius 2 is 2.05 bits per heavy atom. The van der Waals surface area contributed by atoms with Crippen molar-refractivity contribution in [3.8, 4) is 5.75 Å². The molecule has 2 rings (SSSR count). The fourth-order valence-electron chi connectivity index (χ4n) is 2.23. The standard InChI is InChI=1S/C14H14F3NO3/c15-14(16,17)11-6-1-2-7-12(11)21-18-10-5-3-4-9(8-10)13(19)20/h1-2,6-7,9H,3-5,8H2,(H,19,20). The van der Waals surface area contributed by atoms with Crippen molar-refractivity contribution in [3.63, 3.8) is 0 Å². The molecule has 0 aliphatic heterocycles. The van der Waals surface area contributed by atoms with Gasteiger partial charge in [0.05, 0.1) is 11.6 Å². The van der Waals surface area contributed by atoms with Crippen LogP contribution in [0.25, 0.3) is 0 Å². The number of para-hydroxylation sites is 1. The van der Waals surface area contributed by atoms with E-state index in [0.29, 0.717) is 25.0 Å². The highest BCUT2D eigenvalue weighted by molar-refractivity contribution is 5.89. The van der Waals surface area contributed by atoms with Gasteiger partial charge in [0.1, 0.15) is 5.56 Å². The largest absolute Gasteiger partial charge is 0.481 e. The number of alkyl halides is 3. The minimum atomic E-state index is -4.52. The Morgan fingerprint density at radius 1 is 1.33 bits per heavy atom. The summed E-state index contributed by atoms with van der Waals surface area (Å²) in [6.45, 7) is 0. The lowest BCUT2D eigenvalue weighted by atomic mass is 9.88. The number of carboxylic acid groups (broad SMARTS) is 1. The SMILES string of the molecule is O=C(O)C1CCCC(=NOc2ccccc2C(F)(F)F)C1. The van der Waals surface area contributed by atoms with Crippen LogP contribution in [0.1, 0.15) is 31.2 Å². The molecular weight excluding hydrogens is 287 g/mol. The van der Waals surface area contributed by atoms with Gasteiger partial charge < -0.3 is 9.94 Å². The van der Waals surface area contributed by atoms with Gasteiger partial charge in [-0.25, -0.2) is 0 Å². The van der Waals surface area contributed by atoms with Crippen molar-refractivity contribution >= 4 is 11.7 Å². The van der Waals surface area contributed by atoms with Crippen molar-refractivity contribution in [1.82, 2.24) is 0 Å². The van der Waals surface area contributed by atoms with Crippen LogP contribution in [0, 0.1) is 5.92 Å². The first-order valence-corrected chi connectivity index (χ1v) is 6.49. The Morgan fingerprint density at radius 3 is 2.71 bits per heavy atom. The molecule has 7 heteroatoms. The van der Waals surface area contributed by atoms with E-state index < -0.39 is 23.6 Å². The van der Waals surface area contributed by atoms with Gasteiger partial charge in [-0.05, 0) is 31.4 Å². The van der Waals surface area contributed by atoms with Gasteiger partial charge in [0.2, 0.25) is 0 Å². The molecule has 1 atom stereocenters. The van der Waals surface area contributed by atoms with Gasteiger partial charge in [-0.15, -0.1) is 0 Å². The summed E-state index contributed by atoms with van der Waals surface area (Å²) in [6, 6.07) is 4.79. The van der Waals surface area contributed by atoms with Crippen molar-refractivity contribution in [2.24, 2.45) is 11.1 Å². The highest BCUT2D eigenvalue weighted by Gasteiger charge is 2.34. The lowest BCUT2D eigenvalue weighted by Gasteiger charge is -2.19.